The van der Waals surface area contributed by atoms with Crippen LogP contribution in [0.2, 0.25) is 0 Å². The number of nitrogens with one attached hydrogen (secondary N) is 1. The molecule has 0 radical (unpaired) electrons. The van der Waals surface area contributed by atoms with E-state index in [0.717, 1.165) is 16.3 Å². The average molecular weight is 524 g/mol. The number of amides is 3. The van der Waals surface area contributed by atoms with E-state index < -0.39 is 17.8 Å². The molecule has 1 atom stereocenters. The second kappa shape index (κ2) is 11.1. The van der Waals surface area contributed by atoms with Crippen molar-refractivity contribution in [2.45, 2.75) is 38.9 Å². The number of hydrogen-bond acceptors (Lipinski definition) is 3. The van der Waals surface area contributed by atoms with Crippen LogP contribution >= 0.6 is 0 Å². The molecule has 0 fully saturated rings. The van der Waals surface area contributed by atoms with E-state index in [1.165, 1.54) is 15.9 Å². The van der Waals surface area contributed by atoms with Crippen LogP contribution in [0, 0.1) is 5.82 Å². The maximum atomic E-state index is 14.8. The second-order valence-electron chi connectivity index (χ2n) is 10.1. The number of halogens is 1. The smallest absolute Gasteiger partial charge is 0.259 e. The zero-order chi connectivity index (χ0) is 27.5. The van der Waals surface area contributed by atoms with Gasteiger partial charge in [-0.05, 0) is 43.0 Å². The number of rotatable bonds is 9. The summed E-state index contributed by atoms with van der Waals surface area (Å²) in [6, 6.07) is 25.6. The minimum absolute atomic E-state index is 0.117. The molecule has 0 aliphatic carbocycles. The van der Waals surface area contributed by atoms with Gasteiger partial charge in [0.1, 0.15) is 18.4 Å². The molecule has 0 spiro atoms. The van der Waals surface area contributed by atoms with Crippen LogP contribution in [0.25, 0.3) is 10.8 Å². The molecule has 5 rings (SSSR count). The van der Waals surface area contributed by atoms with Gasteiger partial charge in [0.25, 0.3) is 5.91 Å². The molecule has 1 N–H and O–H groups in total. The minimum Gasteiger partial charge on any atom is -0.352 e. The Morgan fingerprint density at radius 3 is 2.31 bits per heavy atom. The lowest BCUT2D eigenvalue weighted by atomic mass is 10.0. The highest BCUT2D eigenvalue weighted by Crippen LogP contribution is 2.37. The summed E-state index contributed by atoms with van der Waals surface area (Å²) >= 11 is 0. The van der Waals surface area contributed by atoms with Crippen LogP contribution in [0.3, 0.4) is 0 Å². The van der Waals surface area contributed by atoms with Crippen molar-refractivity contribution in [2.75, 3.05) is 11.4 Å². The van der Waals surface area contributed by atoms with E-state index >= 15 is 0 Å². The molecule has 4 aromatic carbocycles. The molecule has 0 saturated heterocycles. The molecule has 1 aliphatic heterocycles. The van der Waals surface area contributed by atoms with Gasteiger partial charge in [0, 0.05) is 35.5 Å². The van der Waals surface area contributed by atoms with Crippen LogP contribution in [-0.2, 0) is 22.6 Å². The summed E-state index contributed by atoms with van der Waals surface area (Å²) in [5.41, 5.74) is 2.34. The van der Waals surface area contributed by atoms with Crippen molar-refractivity contribution in [3.05, 3.63) is 114 Å². The van der Waals surface area contributed by atoms with Gasteiger partial charge < -0.3 is 10.2 Å². The van der Waals surface area contributed by atoms with Crippen LogP contribution in [0.15, 0.2) is 91.0 Å². The van der Waals surface area contributed by atoms with Gasteiger partial charge in [-0.1, -0.05) is 72.8 Å². The molecule has 0 aromatic heterocycles. The lowest BCUT2D eigenvalue weighted by Gasteiger charge is -2.33. The van der Waals surface area contributed by atoms with Crippen molar-refractivity contribution >= 4 is 34.2 Å². The summed E-state index contributed by atoms with van der Waals surface area (Å²) in [5.74, 6) is -1.52. The molecule has 0 bridgehead atoms. The zero-order valence-electron chi connectivity index (χ0n) is 21.9. The Bertz CT molecular complexity index is 1530. The molecule has 198 valence electrons. The molecule has 39 heavy (non-hydrogen) atoms. The van der Waals surface area contributed by atoms with Gasteiger partial charge in [-0.15, -0.1) is 0 Å². The molecule has 0 unspecified atom stereocenters. The highest BCUT2D eigenvalue weighted by molar-refractivity contribution is 6.26. The topological polar surface area (TPSA) is 69.7 Å². The van der Waals surface area contributed by atoms with Crippen LogP contribution < -0.4 is 10.2 Å². The molecule has 1 aliphatic rings. The molecular weight excluding hydrogens is 493 g/mol. The maximum absolute atomic E-state index is 14.8. The fourth-order valence-corrected chi connectivity index (χ4v) is 5.11. The molecule has 6 nitrogen and oxygen atoms in total. The van der Waals surface area contributed by atoms with Crippen LogP contribution in [0.1, 0.15) is 35.3 Å². The predicted octanol–water partition coefficient (Wildman–Crippen LogP) is 5.10. The summed E-state index contributed by atoms with van der Waals surface area (Å²) in [5, 5.41) is 4.64. The first kappa shape index (κ1) is 26.1. The number of carbonyl (C=O) groups is 3. The summed E-state index contributed by atoms with van der Waals surface area (Å²) in [6.07, 6.45) is 0.239. The molecule has 3 amide bonds. The normalized spacial score (nSPS) is 13.1. The fourth-order valence-electron chi connectivity index (χ4n) is 5.11. The molecule has 1 heterocycles. The second-order valence-corrected chi connectivity index (χ2v) is 10.1. The van der Waals surface area contributed by atoms with Gasteiger partial charge in [-0.3, -0.25) is 19.3 Å². The van der Waals surface area contributed by atoms with Gasteiger partial charge in [0.15, 0.2) is 0 Å². The van der Waals surface area contributed by atoms with Crippen molar-refractivity contribution < 1.29 is 18.8 Å². The Labute approximate surface area is 227 Å². The number of hydrogen-bond donors (Lipinski definition) is 1. The third kappa shape index (κ3) is 5.39. The minimum atomic E-state index is -0.919. The van der Waals surface area contributed by atoms with Gasteiger partial charge in [0.05, 0.1) is 5.69 Å². The van der Waals surface area contributed by atoms with Crippen molar-refractivity contribution in [1.29, 1.82) is 0 Å². The third-order valence-corrected chi connectivity index (χ3v) is 6.94. The van der Waals surface area contributed by atoms with Gasteiger partial charge >= 0.3 is 0 Å². The number of nitrogens with zero attached hydrogens (tertiary/aromatic N) is 2. The number of anilines is 1. The van der Waals surface area contributed by atoms with E-state index in [1.807, 2.05) is 74.5 Å². The van der Waals surface area contributed by atoms with Crippen LogP contribution in [-0.4, -0.2) is 41.2 Å². The quantitative estimate of drug-likeness (QED) is 0.332. The largest absolute Gasteiger partial charge is 0.352 e. The van der Waals surface area contributed by atoms with Crippen molar-refractivity contribution in [3.8, 4) is 0 Å². The van der Waals surface area contributed by atoms with E-state index in [2.05, 4.69) is 5.32 Å². The van der Waals surface area contributed by atoms with E-state index in [0.29, 0.717) is 16.8 Å². The van der Waals surface area contributed by atoms with E-state index in [4.69, 9.17) is 0 Å². The first-order chi connectivity index (χ1) is 18.8. The standard InChI is InChI=1S/C32H30FN3O3/c1-21(2)34-31(38)28(18-22-10-4-3-5-11-22)35(19-24-12-6-7-16-26(24)33)29(37)20-36-27-17-9-14-23-13-8-15-25(30(23)27)32(36)39/h3-17,21,28H,18-20H2,1-2H3,(H,34,38)/t28-/m1/s1. The maximum Gasteiger partial charge on any atom is 0.259 e. The van der Waals surface area contributed by atoms with Crippen LogP contribution in [0.5, 0.6) is 0 Å². The van der Waals surface area contributed by atoms with Crippen molar-refractivity contribution in [2.24, 2.45) is 0 Å². The van der Waals surface area contributed by atoms with Crippen molar-refractivity contribution in [1.82, 2.24) is 10.2 Å². The summed E-state index contributed by atoms with van der Waals surface area (Å²) in [4.78, 5) is 43.9. The molecular formula is C32H30FN3O3. The van der Waals surface area contributed by atoms with E-state index in [-0.39, 0.29) is 37.4 Å². The lowest BCUT2D eigenvalue weighted by molar-refractivity contribution is -0.140. The first-order valence-corrected chi connectivity index (χ1v) is 13.0. The average Bonchev–Trinajstić information content (AvgIpc) is 3.19. The summed E-state index contributed by atoms with van der Waals surface area (Å²) in [6.45, 7) is 3.30. The highest BCUT2D eigenvalue weighted by atomic mass is 19.1. The van der Waals surface area contributed by atoms with E-state index in [9.17, 15) is 18.8 Å². The van der Waals surface area contributed by atoms with E-state index in [1.54, 1.807) is 24.3 Å². The lowest BCUT2D eigenvalue weighted by Crippen LogP contribution is -2.54. The Balaban J connectivity index is 1.52. The van der Waals surface area contributed by atoms with Gasteiger partial charge in [0.2, 0.25) is 11.8 Å². The van der Waals surface area contributed by atoms with Gasteiger partial charge in [-0.2, -0.15) is 0 Å². The first-order valence-electron chi connectivity index (χ1n) is 13.0. The van der Waals surface area contributed by atoms with Crippen LogP contribution in [0.4, 0.5) is 10.1 Å². The highest BCUT2D eigenvalue weighted by Gasteiger charge is 2.36. The fraction of sp³-hybridized carbons (Fsp3) is 0.219. The Kier molecular flexibility index (Phi) is 7.41. The zero-order valence-corrected chi connectivity index (χ0v) is 21.9. The Hall–Kier alpha value is -4.52. The molecule has 0 saturated carbocycles. The molecule has 4 aromatic rings. The van der Waals surface area contributed by atoms with Crippen molar-refractivity contribution in [3.63, 3.8) is 0 Å². The molecule has 7 heteroatoms. The predicted molar refractivity (Wildman–Crippen MR) is 150 cm³/mol. The summed E-state index contributed by atoms with van der Waals surface area (Å²) in [7, 11) is 0. The SMILES string of the molecule is CC(C)NC(=O)[C@@H](Cc1ccccc1)N(Cc1ccccc1F)C(=O)CN1C(=O)c2cccc3cccc1c23. The summed E-state index contributed by atoms with van der Waals surface area (Å²) < 4.78 is 14.8. The van der Waals surface area contributed by atoms with Gasteiger partial charge in [-0.25, -0.2) is 4.39 Å². The number of benzene rings is 4. The third-order valence-electron chi connectivity index (χ3n) is 6.94. The number of carbonyl (C=O) groups excluding carboxylic acids is 3. The monoisotopic (exact) mass is 523 g/mol. The Morgan fingerprint density at radius 1 is 0.897 bits per heavy atom. The Morgan fingerprint density at radius 2 is 1.59 bits per heavy atom.